The van der Waals surface area contributed by atoms with Crippen LogP contribution in [-0.4, -0.2) is 23.7 Å². The van der Waals surface area contributed by atoms with E-state index in [9.17, 15) is 4.79 Å². The van der Waals surface area contributed by atoms with Gasteiger partial charge in [-0.3, -0.25) is 4.79 Å². The first kappa shape index (κ1) is 12.0. The summed E-state index contributed by atoms with van der Waals surface area (Å²) in [5, 5.41) is 11.6. The zero-order chi connectivity index (χ0) is 10.3. The lowest BCUT2D eigenvalue weighted by atomic mass is 10.0. The number of carboxylic acids is 1. The van der Waals surface area contributed by atoms with Crippen molar-refractivity contribution in [1.82, 2.24) is 5.32 Å². The summed E-state index contributed by atoms with van der Waals surface area (Å²) in [5.74, 6) is -0.121. The molecule has 3 nitrogen and oxygen atoms in total. The Balaban J connectivity index is 0.000000671. The Hall–Kier alpha value is -1.01. The van der Waals surface area contributed by atoms with Crippen molar-refractivity contribution >= 4 is 5.97 Å². The van der Waals surface area contributed by atoms with Gasteiger partial charge in [-0.25, -0.2) is 0 Å². The lowest BCUT2D eigenvalue weighted by Gasteiger charge is -2.04. The van der Waals surface area contributed by atoms with Crippen LogP contribution in [0.3, 0.4) is 0 Å². The molecule has 3 heteroatoms. The summed E-state index contributed by atoms with van der Waals surface area (Å²) >= 11 is 0. The molecule has 0 aromatic carbocycles. The Morgan fingerprint density at radius 3 is 2.62 bits per heavy atom. The zero-order valence-corrected chi connectivity index (χ0v) is 7.99. The van der Waals surface area contributed by atoms with Crippen molar-refractivity contribution in [1.29, 1.82) is 0 Å². The molecule has 2 atom stereocenters. The molecule has 1 aliphatic rings. The molecule has 0 saturated carbocycles. The molecule has 0 radical (unpaired) electrons. The number of aliphatic carboxylic acids is 1. The molecule has 1 rings (SSSR count). The van der Waals surface area contributed by atoms with Crippen LogP contribution in [0.15, 0.2) is 0 Å². The van der Waals surface area contributed by atoms with Gasteiger partial charge >= 0.3 is 5.97 Å². The highest BCUT2D eigenvalue weighted by Gasteiger charge is 2.27. The lowest BCUT2D eigenvalue weighted by Crippen LogP contribution is -2.29. The van der Waals surface area contributed by atoms with Gasteiger partial charge in [0, 0.05) is 0 Å². The van der Waals surface area contributed by atoms with E-state index in [1.54, 1.807) is 0 Å². The molecule has 0 bridgehead atoms. The molecule has 0 amide bonds. The van der Waals surface area contributed by atoms with Crippen molar-refractivity contribution in [2.45, 2.75) is 32.2 Å². The van der Waals surface area contributed by atoms with Crippen LogP contribution in [0, 0.1) is 18.8 Å². The Bertz CT molecular complexity index is 177. The maximum atomic E-state index is 10.5. The first-order chi connectivity index (χ1) is 6.24. The normalized spacial score (nSPS) is 26.1. The molecular formula is C10H17NO2. The van der Waals surface area contributed by atoms with Gasteiger partial charge in [0.15, 0.2) is 0 Å². The van der Waals surface area contributed by atoms with E-state index in [2.05, 4.69) is 25.1 Å². The quantitative estimate of drug-likeness (QED) is 0.644. The minimum atomic E-state index is -0.705. The Kier molecular flexibility index (Phi) is 5.99. The van der Waals surface area contributed by atoms with E-state index in [1.807, 2.05) is 0 Å². The Labute approximate surface area is 79.5 Å². The summed E-state index contributed by atoms with van der Waals surface area (Å²) < 4.78 is 0. The second-order valence-electron chi connectivity index (χ2n) is 3.19. The molecule has 1 fully saturated rings. The molecule has 13 heavy (non-hydrogen) atoms. The molecule has 0 spiro atoms. The number of carboxylic acid groups (broad SMARTS) is 1. The molecular weight excluding hydrogens is 166 g/mol. The average Bonchev–Trinajstić information content (AvgIpc) is 2.57. The van der Waals surface area contributed by atoms with Crippen molar-refractivity contribution in [2.75, 3.05) is 6.54 Å². The van der Waals surface area contributed by atoms with Crippen LogP contribution in [0.25, 0.3) is 0 Å². The maximum absolute atomic E-state index is 10.5. The monoisotopic (exact) mass is 183 g/mol. The van der Waals surface area contributed by atoms with Crippen molar-refractivity contribution in [2.24, 2.45) is 5.92 Å². The fourth-order valence-electron chi connectivity index (χ4n) is 1.63. The van der Waals surface area contributed by atoms with E-state index in [0.717, 1.165) is 25.8 Å². The van der Waals surface area contributed by atoms with E-state index >= 15 is 0 Å². The third-order valence-corrected chi connectivity index (χ3v) is 2.22. The van der Waals surface area contributed by atoms with Gasteiger partial charge in [0.1, 0.15) is 6.04 Å². The summed E-state index contributed by atoms with van der Waals surface area (Å²) in [6.07, 6.45) is 11.1. The van der Waals surface area contributed by atoms with Gasteiger partial charge in [0.25, 0.3) is 0 Å². The van der Waals surface area contributed by atoms with Gasteiger partial charge < -0.3 is 10.4 Å². The third-order valence-electron chi connectivity index (χ3n) is 2.22. The van der Waals surface area contributed by atoms with Gasteiger partial charge in [0.2, 0.25) is 0 Å². The second kappa shape index (κ2) is 6.50. The third kappa shape index (κ3) is 3.95. The summed E-state index contributed by atoms with van der Waals surface area (Å²) in [6.45, 7) is 3.01. The summed E-state index contributed by atoms with van der Waals surface area (Å²) in [4.78, 5) is 10.5. The van der Waals surface area contributed by atoms with Crippen LogP contribution in [0.2, 0.25) is 0 Å². The second-order valence-corrected chi connectivity index (χ2v) is 3.19. The number of hydrogen-bond donors (Lipinski definition) is 2. The van der Waals surface area contributed by atoms with Gasteiger partial charge in [-0.15, -0.1) is 12.8 Å². The summed E-state index contributed by atoms with van der Waals surface area (Å²) in [6, 6.07) is -0.286. The molecule has 74 valence electrons. The van der Waals surface area contributed by atoms with Crippen molar-refractivity contribution in [3.63, 3.8) is 0 Å². The van der Waals surface area contributed by atoms with Crippen LogP contribution in [0.4, 0.5) is 0 Å². The van der Waals surface area contributed by atoms with E-state index in [4.69, 9.17) is 5.11 Å². The predicted octanol–water partition coefficient (Wildman–Crippen LogP) is 1.10. The number of hydrogen-bond acceptors (Lipinski definition) is 2. The number of rotatable bonds is 3. The van der Waals surface area contributed by atoms with Gasteiger partial charge in [-0.05, 0) is 25.3 Å². The highest BCUT2D eigenvalue weighted by molar-refractivity contribution is 5.73. The standard InChI is InChI=1S/C8H15NO2.C2H2/c1-2-3-6-4-7(8(10)11)9-5-6;1-2/h6-7,9H,2-5H2,1H3,(H,10,11);1-2H/t6-,7+;/m1./s1. The molecule has 0 aliphatic carbocycles. The van der Waals surface area contributed by atoms with Crippen LogP contribution in [0.5, 0.6) is 0 Å². The summed E-state index contributed by atoms with van der Waals surface area (Å²) in [7, 11) is 0. The van der Waals surface area contributed by atoms with E-state index in [1.165, 1.54) is 0 Å². The molecule has 0 aromatic heterocycles. The van der Waals surface area contributed by atoms with E-state index < -0.39 is 5.97 Å². The Morgan fingerprint density at radius 2 is 2.23 bits per heavy atom. The average molecular weight is 183 g/mol. The summed E-state index contributed by atoms with van der Waals surface area (Å²) in [5.41, 5.74) is 0. The number of carbonyl (C=O) groups is 1. The fraction of sp³-hybridized carbons (Fsp3) is 0.700. The molecule has 2 N–H and O–H groups in total. The zero-order valence-electron chi connectivity index (χ0n) is 7.99. The van der Waals surface area contributed by atoms with E-state index in [0.29, 0.717) is 5.92 Å². The number of nitrogens with one attached hydrogen (secondary N) is 1. The van der Waals surface area contributed by atoms with E-state index in [-0.39, 0.29) is 6.04 Å². The lowest BCUT2D eigenvalue weighted by molar-refractivity contribution is -0.139. The Morgan fingerprint density at radius 1 is 1.62 bits per heavy atom. The molecule has 1 saturated heterocycles. The molecule has 1 aliphatic heterocycles. The van der Waals surface area contributed by atoms with Crippen molar-refractivity contribution in [3.8, 4) is 12.8 Å². The largest absolute Gasteiger partial charge is 0.480 e. The van der Waals surface area contributed by atoms with Crippen molar-refractivity contribution < 1.29 is 9.90 Å². The fourth-order valence-corrected chi connectivity index (χ4v) is 1.63. The maximum Gasteiger partial charge on any atom is 0.320 e. The van der Waals surface area contributed by atoms with Gasteiger partial charge in [0.05, 0.1) is 0 Å². The van der Waals surface area contributed by atoms with Gasteiger partial charge in [-0.1, -0.05) is 13.3 Å². The molecule has 0 unspecified atom stereocenters. The van der Waals surface area contributed by atoms with Crippen LogP contribution in [0.1, 0.15) is 26.2 Å². The minimum Gasteiger partial charge on any atom is -0.480 e. The van der Waals surface area contributed by atoms with Crippen LogP contribution < -0.4 is 5.32 Å². The predicted molar refractivity (Wildman–Crippen MR) is 52.3 cm³/mol. The van der Waals surface area contributed by atoms with Crippen LogP contribution in [-0.2, 0) is 4.79 Å². The number of terminal acetylenes is 1. The SMILES string of the molecule is C#C.CCC[C@H]1CN[C@H](C(=O)O)C1. The van der Waals surface area contributed by atoms with Crippen molar-refractivity contribution in [3.05, 3.63) is 0 Å². The molecule has 0 aromatic rings. The minimum absolute atomic E-state index is 0.286. The van der Waals surface area contributed by atoms with Gasteiger partial charge in [-0.2, -0.15) is 0 Å². The smallest absolute Gasteiger partial charge is 0.320 e. The first-order valence-corrected chi connectivity index (χ1v) is 4.53. The highest BCUT2D eigenvalue weighted by Crippen LogP contribution is 2.18. The first-order valence-electron chi connectivity index (χ1n) is 4.53. The topological polar surface area (TPSA) is 49.3 Å². The highest BCUT2D eigenvalue weighted by atomic mass is 16.4. The molecule has 1 heterocycles. The van der Waals surface area contributed by atoms with Crippen LogP contribution >= 0.6 is 0 Å².